The molecule has 0 radical (unpaired) electrons. The zero-order valence-electron chi connectivity index (χ0n) is 23.9. The second kappa shape index (κ2) is 13.2. The highest BCUT2D eigenvalue weighted by atomic mass is 32.2. The summed E-state index contributed by atoms with van der Waals surface area (Å²) in [5.74, 6) is -0.494. The number of pyridine rings is 1. The molecule has 1 aliphatic carbocycles. The molecule has 228 valence electrons. The summed E-state index contributed by atoms with van der Waals surface area (Å²) in [7, 11) is -2.54. The average molecular weight is 628 g/mol. The van der Waals surface area contributed by atoms with E-state index in [1.807, 2.05) is 0 Å². The van der Waals surface area contributed by atoms with E-state index in [2.05, 4.69) is 20.4 Å². The van der Waals surface area contributed by atoms with Crippen LogP contribution in [0.3, 0.4) is 0 Å². The summed E-state index contributed by atoms with van der Waals surface area (Å²) in [6.07, 6.45) is 4.59. The first kappa shape index (κ1) is 30.6. The van der Waals surface area contributed by atoms with Crippen molar-refractivity contribution >= 4 is 48.7 Å². The van der Waals surface area contributed by atoms with Gasteiger partial charge in [-0.2, -0.15) is 4.31 Å². The van der Waals surface area contributed by atoms with E-state index in [-0.39, 0.29) is 30.3 Å². The number of hydrogen-bond donors (Lipinski definition) is 2. The number of aliphatic carboxylic acids is 1. The number of aryl methyl sites for hydroxylation is 1. The molecule has 0 bridgehead atoms. The van der Waals surface area contributed by atoms with E-state index >= 15 is 0 Å². The monoisotopic (exact) mass is 627 g/mol. The molecule has 1 saturated carbocycles. The van der Waals surface area contributed by atoms with Gasteiger partial charge in [-0.3, -0.25) is 9.59 Å². The second-order valence-electron chi connectivity index (χ2n) is 10.6. The van der Waals surface area contributed by atoms with Crippen LogP contribution in [0.15, 0.2) is 51.9 Å². The van der Waals surface area contributed by atoms with Gasteiger partial charge in [-0.05, 0) is 43.0 Å². The van der Waals surface area contributed by atoms with Gasteiger partial charge in [-0.15, -0.1) is 0 Å². The molecular weight excluding hydrogens is 594 g/mol. The van der Waals surface area contributed by atoms with Gasteiger partial charge in [0.2, 0.25) is 21.8 Å². The van der Waals surface area contributed by atoms with Gasteiger partial charge in [0.25, 0.3) is 0 Å². The normalized spacial score (nSPS) is 14.8. The zero-order chi connectivity index (χ0) is 30.6. The molecule has 1 fully saturated rings. The van der Waals surface area contributed by atoms with E-state index in [4.69, 9.17) is 9.26 Å². The van der Waals surface area contributed by atoms with Crippen LogP contribution >= 0.6 is 11.3 Å². The highest BCUT2D eigenvalue weighted by Crippen LogP contribution is 2.36. The molecule has 43 heavy (non-hydrogen) atoms. The molecule has 5 rings (SSSR count). The predicted molar refractivity (Wildman–Crippen MR) is 159 cm³/mol. The lowest BCUT2D eigenvalue weighted by atomic mass is 9.87. The van der Waals surface area contributed by atoms with E-state index in [1.54, 1.807) is 37.3 Å². The third-order valence-corrected chi connectivity index (χ3v) is 10.3. The Morgan fingerprint density at radius 2 is 1.91 bits per heavy atom. The SMILES string of the molecule is COc1ccc2nc(NC(=O)[C@H](CC3CCCC3)c3ccc(S(=O)(=O)N(CCC(=O)O)Cc4cc(C)on4)cc3)sc2n1. The van der Waals surface area contributed by atoms with Crippen molar-refractivity contribution in [3.8, 4) is 5.88 Å². The van der Waals surface area contributed by atoms with Crippen LogP contribution in [0.25, 0.3) is 10.3 Å². The third-order valence-electron chi connectivity index (χ3n) is 7.54. The molecule has 14 heteroatoms. The lowest BCUT2D eigenvalue weighted by molar-refractivity contribution is -0.137. The molecule has 1 atom stereocenters. The summed E-state index contributed by atoms with van der Waals surface area (Å²) in [6.45, 7) is 1.32. The molecule has 3 heterocycles. The molecule has 2 N–H and O–H groups in total. The van der Waals surface area contributed by atoms with Crippen molar-refractivity contribution in [3.63, 3.8) is 0 Å². The summed E-state index contributed by atoms with van der Waals surface area (Å²) < 4.78 is 38.5. The molecule has 1 aliphatic rings. The van der Waals surface area contributed by atoms with Crippen LogP contribution < -0.4 is 10.1 Å². The Bertz CT molecular complexity index is 1700. The van der Waals surface area contributed by atoms with Crippen LogP contribution in [-0.4, -0.2) is 58.5 Å². The summed E-state index contributed by atoms with van der Waals surface area (Å²) >= 11 is 1.26. The number of nitrogens with one attached hydrogen (secondary N) is 1. The van der Waals surface area contributed by atoms with Crippen molar-refractivity contribution in [2.45, 2.75) is 62.8 Å². The number of rotatable bonds is 13. The van der Waals surface area contributed by atoms with Gasteiger partial charge in [-0.1, -0.05) is 54.3 Å². The number of anilines is 1. The van der Waals surface area contributed by atoms with Gasteiger partial charge in [0.15, 0.2) is 5.13 Å². The number of nitrogens with zero attached hydrogens (tertiary/aromatic N) is 4. The average Bonchev–Trinajstić information content (AvgIpc) is 3.74. The van der Waals surface area contributed by atoms with Gasteiger partial charge < -0.3 is 19.7 Å². The van der Waals surface area contributed by atoms with E-state index in [1.165, 1.54) is 30.6 Å². The number of methoxy groups -OCH3 is 1. The summed E-state index contributed by atoms with van der Waals surface area (Å²) in [5, 5.41) is 16.4. The Labute approximate surface area is 253 Å². The van der Waals surface area contributed by atoms with Gasteiger partial charge in [0.05, 0.1) is 36.6 Å². The van der Waals surface area contributed by atoms with Crippen molar-refractivity contribution in [2.24, 2.45) is 5.92 Å². The fourth-order valence-corrected chi connectivity index (χ4v) is 7.58. The number of amides is 1. The first-order valence-electron chi connectivity index (χ1n) is 14.0. The van der Waals surface area contributed by atoms with Crippen molar-refractivity contribution in [2.75, 3.05) is 19.0 Å². The van der Waals surface area contributed by atoms with E-state index < -0.39 is 21.9 Å². The van der Waals surface area contributed by atoms with Crippen LogP contribution in [-0.2, 0) is 26.2 Å². The van der Waals surface area contributed by atoms with Crippen molar-refractivity contribution in [1.29, 1.82) is 0 Å². The van der Waals surface area contributed by atoms with Crippen molar-refractivity contribution in [3.05, 3.63) is 59.5 Å². The Morgan fingerprint density at radius 1 is 1.16 bits per heavy atom. The number of benzene rings is 1. The molecule has 12 nitrogen and oxygen atoms in total. The molecule has 3 aromatic heterocycles. The molecule has 1 aromatic carbocycles. The van der Waals surface area contributed by atoms with Crippen LogP contribution in [0.2, 0.25) is 0 Å². The van der Waals surface area contributed by atoms with Crippen LogP contribution in [0, 0.1) is 12.8 Å². The number of ether oxygens (including phenoxy) is 1. The Hall–Kier alpha value is -3.88. The number of aromatic nitrogens is 3. The summed E-state index contributed by atoms with van der Waals surface area (Å²) in [6, 6.07) is 11.4. The largest absolute Gasteiger partial charge is 0.481 e. The van der Waals surface area contributed by atoms with Crippen LogP contribution in [0.1, 0.15) is 61.5 Å². The molecule has 0 unspecified atom stereocenters. The van der Waals surface area contributed by atoms with Crippen LogP contribution in [0.4, 0.5) is 5.13 Å². The maximum absolute atomic E-state index is 13.7. The number of sulfonamides is 1. The number of carbonyl (C=O) groups excluding carboxylic acids is 1. The maximum Gasteiger partial charge on any atom is 0.304 e. The van der Waals surface area contributed by atoms with E-state index in [9.17, 15) is 23.1 Å². The quantitative estimate of drug-likeness (QED) is 0.207. The summed E-state index contributed by atoms with van der Waals surface area (Å²) in [4.78, 5) is 34.4. The molecular formula is C29H33N5O7S2. The number of carbonyl (C=O) groups is 2. The van der Waals surface area contributed by atoms with Gasteiger partial charge in [-0.25, -0.2) is 18.4 Å². The molecule has 0 spiro atoms. The zero-order valence-corrected chi connectivity index (χ0v) is 25.5. The maximum atomic E-state index is 13.7. The lowest BCUT2D eigenvalue weighted by Crippen LogP contribution is -2.33. The summed E-state index contributed by atoms with van der Waals surface area (Å²) in [5.41, 5.74) is 1.71. The third kappa shape index (κ3) is 7.37. The molecule has 4 aromatic rings. The topological polar surface area (TPSA) is 165 Å². The number of hydrogen-bond acceptors (Lipinski definition) is 10. The van der Waals surface area contributed by atoms with Gasteiger partial charge in [0.1, 0.15) is 16.1 Å². The molecule has 0 saturated heterocycles. The molecule has 0 aliphatic heterocycles. The van der Waals surface area contributed by atoms with Crippen LogP contribution in [0.5, 0.6) is 5.88 Å². The Kier molecular flexibility index (Phi) is 9.37. The number of fused-ring (bicyclic) bond motifs is 1. The standard InChI is InChI=1S/C29H33N5O7S2/c1-18-15-21(33-41-18)17-34(14-13-26(35)36)43(38,39)22-9-7-20(8-10-22)23(16-19-5-3-4-6-19)27(37)32-29-30-24-11-12-25(40-2)31-28(24)42-29/h7-12,15,19,23H,3-6,13-14,16-17H2,1-2H3,(H,35,36)(H,30,32,37)/t23-/m1/s1. The number of carboxylic acids is 1. The number of carboxylic acid groups (broad SMARTS) is 1. The van der Waals surface area contributed by atoms with Crippen molar-refractivity contribution in [1.82, 2.24) is 19.4 Å². The van der Waals surface area contributed by atoms with Gasteiger partial charge in [0, 0.05) is 18.7 Å². The highest BCUT2D eigenvalue weighted by Gasteiger charge is 2.30. The lowest BCUT2D eigenvalue weighted by Gasteiger charge is -2.22. The smallest absolute Gasteiger partial charge is 0.304 e. The first-order valence-corrected chi connectivity index (χ1v) is 16.2. The Balaban J connectivity index is 1.38. The fourth-order valence-electron chi connectivity index (χ4n) is 5.33. The minimum absolute atomic E-state index is 0.00641. The van der Waals surface area contributed by atoms with E-state index in [0.29, 0.717) is 50.7 Å². The minimum Gasteiger partial charge on any atom is -0.481 e. The number of thiazole rings is 1. The fraction of sp³-hybridized carbons (Fsp3) is 0.414. The first-order chi connectivity index (χ1) is 20.6. The minimum atomic E-state index is -4.08. The van der Waals surface area contributed by atoms with E-state index in [0.717, 1.165) is 30.0 Å². The Morgan fingerprint density at radius 3 is 2.56 bits per heavy atom. The highest BCUT2D eigenvalue weighted by molar-refractivity contribution is 7.89. The molecule has 1 amide bonds. The van der Waals surface area contributed by atoms with Crippen molar-refractivity contribution < 1.29 is 32.4 Å². The van der Waals surface area contributed by atoms with Gasteiger partial charge >= 0.3 is 5.97 Å². The second-order valence-corrected chi connectivity index (χ2v) is 13.5. The predicted octanol–water partition coefficient (Wildman–Crippen LogP) is 4.96.